The first kappa shape index (κ1) is 35.9. The van der Waals surface area contributed by atoms with Gasteiger partial charge in [-0.05, 0) is 67.6 Å². The highest BCUT2D eigenvalue weighted by Gasteiger charge is 2.53. The summed E-state index contributed by atoms with van der Waals surface area (Å²) in [6.45, 7) is 30.2. The van der Waals surface area contributed by atoms with Gasteiger partial charge in [-0.15, -0.1) is 0 Å². The molecule has 1 rings (SSSR count). The molecule has 0 radical (unpaired) electrons. The molecule has 3 atom stereocenters. The average Bonchev–Trinajstić information content (AvgIpc) is 2.93. The molecule has 0 spiro atoms. The van der Waals surface area contributed by atoms with Crippen LogP contribution < -0.4 is 5.73 Å². The lowest BCUT2D eigenvalue weighted by atomic mass is 9.54. The summed E-state index contributed by atoms with van der Waals surface area (Å²) in [5.41, 5.74) is 4.54. The molecular weight excluding hydrogens is 488 g/mol. The van der Waals surface area contributed by atoms with Gasteiger partial charge in [0.25, 0.3) is 0 Å². The number of aliphatic hydroxyl groups excluding tert-OH is 1. The third-order valence-corrected chi connectivity index (χ3v) is 10.5. The van der Waals surface area contributed by atoms with Gasteiger partial charge < -0.3 is 20.5 Å². The molecule has 39 heavy (non-hydrogen) atoms. The highest BCUT2D eigenvalue weighted by molar-refractivity contribution is 5.77. The van der Waals surface area contributed by atoms with E-state index in [1.165, 1.54) is 6.92 Å². The van der Waals surface area contributed by atoms with E-state index in [0.29, 0.717) is 25.7 Å². The van der Waals surface area contributed by atoms with Crippen LogP contribution in [-0.4, -0.2) is 52.2 Å². The molecule has 0 saturated carbocycles. The number of nitrogens with two attached hydrogens (primary N) is 1. The molecule has 1 aliphatic rings. The molecule has 1 heterocycles. The number of likely N-dealkylation sites (tertiary alicyclic amines) is 1. The molecule has 1 fully saturated rings. The van der Waals surface area contributed by atoms with Crippen LogP contribution in [0.4, 0.5) is 0 Å². The van der Waals surface area contributed by atoms with Crippen LogP contribution in [0.3, 0.4) is 0 Å². The standard InChI is InChI=1S/C33H64N2O4/c1-23(36)39-26(33(13,14)29(5,6)21-25(37)28(2,3)4)22-30(7,8)32(11,12)24(20-31(9,10)34)35-19-17-15-16-18-27(35)38/h24-26,37H,15-22,34H2,1-14H3. The van der Waals surface area contributed by atoms with E-state index in [-0.39, 0.29) is 45.7 Å². The molecule has 1 aliphatic heterocycles. The lowest BCUT2D eigenvalue weighted by Crippen LogP contribution is -2.58. The molecule has 3 unspecified atom stereocenters. The van der Waals surface area contributed by atoms with Gasteiger partial charge in [-0.2, -0.15) is 0 Å². The Labute approximate surface area is 241 Å². The summed E-state index contributed by atoms with van der Waals surface area (Å²) in [4.78, 5) is 27.9. The van der Waals surface area contributed by atoms with Gasteiger partial charge in [-0.25, -0.2) is 0 Å². The highest BCUT2D eigenvalue weighted by Crippen LogP contribution is 2.54. The predicted octanol–water partition coefficient (Wildman–Crippen LogP) is 7.11. The van der Waals surface area contributed by atoms with Gasteiger partial charge in [0.2, 0.25) is 5.91 Å². The maximum absolute atomic E-state index is 13.3. The fraction of sp³-hybridized carbons (Fsp3) is 0.939. The summed E-state index contributed by atoms with van der Waals surface area (Å²) in [7, 11) is 0. The number of esters is 1. The Morgan fingerprint density at radius 2 is 1.36 bits per heavy atom. The Kier molecular flexibility index (Phi) is 11.4. The lowest BCUT2D eigenvalue weighted by molar-refractivity contribution is -0.169. The number of carbonyl (C=O) groups is 2. The van der Waals surface area contributed by atoms with E-state index in [1.54, 1.807) is 0 Å². The molecule has 0 bridgehead atoms. The van der Waals surface area contributed by atoms with E-state index in [0.717, 1.165) is 25.8 Å². The SMILES string of the molecule is CC(=O)OC(CC(C)(C)C(C)(C)C(CC(C)(C)N)N1CCCCCC1=O)C(C)(C)C(C)(C)CC(O)C(C)(C)C. The predicted molar refractivity (Wildman–Crippen MR) is 162 cm³/mol. The van der Waals surface area contributed by atoms with Crippen LogP contribution >= 0.6 is 0 Å². The monoisotopic (exact) mass is 552 g/mol. The topological polar surface area (TPSA) is 92.9 Å². The Morgan fingerprint density at radius 1 is 0.846 bits per heavy atom. The van der Waals surface area contributed by atoms with Gasteiger partial charge in [-0.1, -0.05) is 82.6 Å². The van der Waals surface area contributed by atoms with Gasteiger partial charge in [-0.3, -0.25) is 9.59 Å². The van der Waals surface area contributed by atoms with E-state index in [9.17, 15) is 14.7 Å². The average molecular weight is 553 g/mol. The van der Waals surface area contributed by atoms with E-state index in [4.69, 9.17) is 10.5 Å². The normalized spacial score (nSPS) is 19.4. The molecule has 0 aromatic heterocycles. The second kappa shape index (κ2) is 12.4. The number of carbonyl (C=O) groups excluding carboxylic acids is 2. The molecule has 0 aromatic carbocycles. The number of aliphatic hydroxyl groups is 1. The van der Waals surface area contributed by atoms with E-state index < -0.39 is 17.1 Å². The third-order valence-electron chi connectivity index (χ3n) is 10.5. The van der Waals surface area contributed by atoms with Crippen LogP contribution in [0.5, 0.6) is 0 Å². The zero-order valence-corrected chi connectivity index (χ0v) is 28.1. The Balaban J connectivity index is 3.52. The largest absolute Gasteiger partial charge is 0.462 e. The minimum absolute atomic E-state index is 0.0464. The first-order valence-electron chi connectivity index (χ1n) is 15.2. The van der Waals surface area contributed by atoms with Crippen molar-refractivity contribution in [3.05, 3.63) is 0 Å². The molecule has 6 heteroatoms. The zero-order valence-electron chi connectivity index (χ0n) is 28.1. The molecule has 230 valence electrons. The minimum atomic E-state index is -0.487. The number of hydrogen-bond acceptors (Lipinski definition) is 5. The molecule has 1 amide bonds. The van der Waals surface area contributed by atoms with Crippen molar-refractivity contribution in [3.8, 4) is 0 Å². The Morgan fingerprint density at radius 3 is 1.82 bits per heavy atom. The summed E-state index contributed by atoms with van der Waals surface area (Å²) in [5, 5.41) is 11.0. The van der Waals surface area contributed by atoms with Crippen molar-refractivity contribution >= 4 is 11.9 Å². The number of nitrogens with zero attached hydrogens (tertiary/aromatic N) is 1. The summed E-state index contributed by atoms with van der Waals surface area (Å²) in [6.07, 6.45) is 4.67. The Bertz CT molecular complexity index is 830. The molecular formula is C33H64N2O4. The van der Waals surface area contributed by atoms with Gasteiger partial charge in [0.05, 0.1) is 6.10 Å². The van der Waals surface area contributed by atoms with Crippen LogP contribution in [0.25, 0.3) is 0 Å². The van der Waals surface area contributed by atoms with Gasteiger partial charge >= 0.3 is 5.97 Å². The molecule has 6 nitrogen and oxygen atoms in total. The first-order valence-corrected chi connectivity index (χ1v) is 15.2. The van der Waals surface area contributed by atoms with E-state index in [1.807, 2.05) is 13.8 Å². The summed E-state index contributed by atoms with van der Waals surface area (Å²) in [6, 6.07) is -0.0464. The summed E-state index contributed by atoms with van der Waals surface area (Å²) < 4.78 is 6.14. The first-order chi connectivity index (χ1) is 17.3. The second-order valence-corrected chi connectivity index (χ2v) is 16.7. The van der Waals surface area contributed by atoms with Crippen molar-refractivity contribution < 1.29 is 19.4 Å². The van der Waals surface area contributed by atoms with E-state index >= 15 is 0 Å². The quantitative estimate of drug-likeness (QED) is 0.252. The fourth-order valence-electron chi connectivity index (χ4n) is 5.90. The van der Waals surface area contributed by atoms with Crippen molar-refractivity contribution in [1.82, 2.24) is 4.90 Å². The van der Waals surface area contributed by atoms with Gasteiger partial charge in [0.15, 0.2) is 0 Å². The second-order valence-electron chi connectivity index (χ2n) is 16.7. The van der Waals surface area contributed by atoms with Crippen molar-refractivity contribution in [1.29, 1.82) is 0 Å². The number of hydrogen-bond donors (Lipinski definition) is 2. The zero-order chi connectivity index (χ0) is 30.8. The van der Waals surface area contributed by atoms with Crippen molar-refractivity contribution in [3.63, 3.8) is 0 Å². The number of ether oxygens (including phenoxy) is 1. The number of rotatable bonds is 12. The maximum atomic E-state index is 13.3. The summed E-state index contributed by atoms with van der Waals surface area (Å²) >= 11 is 0. The summed E-state index contributed by atoms with van der Waals surface area (Å²) in [5.74, 6) is -0.0732. The van der Waals surface area contributed by atoms with Gasteiger partial charge in [0, 0.05) is 36.9 Å². The Hall–Kier alpha value is -1.14. The lowest BCUT2D eigenvalue weighted by Gasteiger charge is -2.55. The molecule has 1 saturated heterocycles. The van der Waals surface area contributed by atoms with Crippen molar-refractivity contribution in [2.75, 3.05) is 6.54 Å². The van der Waals surface area contributed by atoms with E-state index in [2.05, 4.69) is 81.1 Å². The highest BCUT2D eigenvalue weighted by atomic mass is 16.5. The van der Waals surface area contributed by atoms with Crippen LogP contribution in [0.2, 0.25) is 0 Å². The fourth-order valence-corrected chi connectivity index (χ4v) is 5.90. The smallest absolute Gasteiger partial charge is 0.302 e. The minimum Gasteiger partial charge on any atom is -0.462 e. The van der Waals surface area contributed by atoms with Crippen LogP contribution in [0.15, 0.2) is 0 Å². The number of amides is 1. The van der Waals surface area contributed by atoms with Crippen LogP contribution in [-0.2, 0) is 14.3 Å². The van der Waals surface area contributed by atoms with Gasteiger partial charge in [0.1, 0.15) is 6.10 Å². The molecule has 0 aliphatic carbocycles. The van der Waals surface area contributed by atoms with Crippen LogP contribution in [0.1, 0.15) is 142 Å². The molecule has 3 N–H and O–H groups in total. The molecule has 0 aromatic rings. The maximum Gasteiger partial charge on any atom is 0.302 e. The third kappa shape index (κ3) is 9.18. The van der Waals surface area contributed by atoms with Crippen molar-refractivity contribution in [2.24, 2.45) is 32.8 Å². The van der Waals surface area contributed by atoms with Crippen molar-refractivity contribution in [2.45, 2.75) is 166 Å². The van der Waals surface area contributed by atoms with Crippen LogP contribution in [0, 0.1) is 27.1 Å².